The molecular weight excluding hydrogens is 242 g/mol. The van der Waals surface area contributed by atoms with Crippen LogP contribution in [0.15, 0.2) is 4.52 Å². The Morgan fingerprint density at radius 1 is 1.11 bits per heavy atom. The number of hydrogen-bond acceptors (Lipinski definition) is 5. The van der Waals surface area contributed by atoms with Gasteiger partial charge in [0.05, 0.1) is 6.04 Å². The lowest BCUT2D eigenvalue weighted by Gasteiger charge is -2.20. The first-order chi connectivity index (χ1) is 9.42. The fourth-order valence-corrected chi connectivity index (χ4v) is 2.94. The molecule has 2 aliphatic heterocycles. The summed E-state index contributed by atoms with van der Waals surface area (Å²) in [4.78, 5) is 4.59. The summed E-state index contributed by atoms with van der Waals surface area (Å²) in [6, 6.07) is 0.287. The normalized spacial score (nSPS) is 26.2. The smallest absolute Gasteiger partial charge is 0.226 e. The van der Waals surface area contributed by atoms with Crippen molar-refractivity contribution in [3.8, 4) is 0 Å². The van der Waals surface area contributed by atoms with Crippen molar-refractivity contribution in [2.75, 3.05) is 19.8 Å². The molecule has 0 spiro atoms. The monoisotopic (exact) mass is 265 g/mol. The van der Waals surface area contributed by atoms with Gasteiger partial charge in [-0.1, -0.05) is 18.0 Å². The van der Waals surface area contributed by atoms with E-state index in [4.69, 9.17) is 9.26 Å². The molecule has 1 atom stereocenters. The molecule has 0 saturated carbocycles. The molecule has 0 bridgehead atoms. The van der Waals surface area contributed by atoms with Crippen molar-refractivity contribution in [1.29, 1.82) is 0 Å². The Morgan fingerprint density at radius 3 is 2.89 bits per heavy atom. The van der Waals surface area contributed by atoms with Crippen LogP contribution in [0.3, 0.4) is 0 Å². The van der Waals surface area contributed by atoms with Gasteiger partial charge in [0, 0.05) is 19.6 Å². The van der Waals surface area contributed by atoms with Crippen LogP contribution in [0.2, 0.25) is 0 Å². The summed E-state index contributed by atoms with van der Waals surface area (Å²) in [7, 11) is 0. The average molecular weight is 265 g/mol. The highest BCUT2D eigenvalue weighted by Gasteiger charge is 2.22. The summed E-state index contributed by atoms with van der Waals surface area (Å²) < 4.78 is 10.8. The molecule has 0 aliphatic carbocycles. The van der Waals surface area contributed by atoms with Crippen molar-refractivity contribution in [2.24, 2.45) is 5.92 Å². The maximum atomic E-state index is 5.42. The number of nitrogens with one attached hydrogen (secondary N) is 1. The molecule has 2 fully saturated rings. The van der Waals surface area contributed by atoms with Gasteiger partial charge in [0.1, 0.15) is 0 Å². The van der Waals surface area contributed by atoms with Gasteiger partial charge in [-0.3, -0.25) is 0 Å². The third kappa shape index (κ3) is 3.54. The van der Waals surface area contributed by atoms with Crippen molar-refractivity contribution in [2.45, 2.75) is 51.0 Å². The maximum absolute atomic E-state index is 5.42. The summed E-state index contributed by atoms with van der Waals surface area (Å²) in [6.07, 6.45) is 8.05. The van der Waals surface area contributed by atoms with Gasteiger partial charge in [0.15, 0.2) is 5.82 Å². The first-order valence-electron chi connectivity index (χ1n) is 7.55. The van der Waals surface area contributed by atoms with E-state index in [9.17, 15) is 0 Å². The fourth-order valence-electron chi connectivity index (χ4n) is 2.94. The summed E-state index contributed by atoms with van der Waals surface area (Å²) in [6.45, 7) is 2.81. The molecule has 5 heteroatoms. The SMILES string of the molecule is C1CCN[C@H](c2noc(CC3CCOCC3)n2)CC1. The largest absolute Gasteiger partial charge is 0.381 e. The zero-order valence-corrected chi connectivity index (χ0v) is 11.4. The summed E-state index contributed by atoms with van der Waals surface area (Å²) in [5.41, 5.74) is 0. The van der Waals surface area contributed by atoms with E-state index in [0.29, 0.717) is 5.92 Å². The highest BCUT2D eigenvalue weighted by Crippen LogP contribution is 2.23. The first kappa shape index (κ1) is 13.1. The molecule has 0 aromatic carbocycles. The highest BCUT2D eigenvalue weighted by atomic mass is 16.5. The molecule has 2 saturated heterocycles. The number of ether oxygens (including phenoxy) is 1. The van der Waals surface area contributed by atoms with Crippen LogP contribution in [-0.4, -0.2) is 29.9 Å². The first-order valence-corrected chi connectivity index (χ1v) is 7.55. The van der Waals surface area contributed by atoms with E-state index in [0.717, 1.165) is 57.2 Å². The van der Waals surface area contributed by atoms with Gasteiger partial charge >= 0.3 is 0 Å². The zero-order valence-electron chi connectivity index (χ0n) is 11.4. The van der Waals surface area contributed by atoms with Gasteiger partial charge in [0.2, 0.25) is 5.89 Å². The van der Waals surface area contributed by atoms with E-state index in [-0.39, 0.29) is 6.04 Å². The molecule has 3 rings (SSSR count). The molecular formula is C14H23N3O2. The lowest BCUT2D eigenvalue weighted by atomic mass is 9.97. The molecule has 0 radical (unpaired) electrons. The highest BCUT2D eigenvalue weighted by molar-refractivity contribution is 4.96. The number of nitrogens with zero attached hydrogens (tertiary/aromatic N) is 2. The summed E-state index contributed by atoms with van der Waals surface area (Å²) in [5, 5.41) is 7.68. The lowest BCUT2D eigenvalue weighted by molar-refractivity contribution is 0.0642. The van der Waals surface area contributed by atoms with Crippen molar-refractivity contribution >= 4 is 0 Å². The minimum Gasteiger partial charge on any atom is -0.381 e. The van der Waals surface area contributed by atoms with Gasteiger partial charge in [-0.05, 0) is 38.1 Å². The van der Waals surface area contributed by atoms with Gasteiger partial charge in [0.25, 0.3) is 0 Å². The Hall–Kier alpha value is -0.940. The molecule has 106 valence electrons. The zero-order chi connectivity index (χ0) is 12.9. The van der Waals surface area contributed by atoms with Gasteiger partial charge in [-0.15, -0.1) is 0 Å². The van der Waals surface area contributed by atoms with Crippen LogP contribution in [0.1, 0.15) is 56.3 Å². The molecule has 1 aromatic heterocycles. The van der Waals surface area contributed by atoms with Crippen LogP contribution >= 0.6 is 0 Å². The fraction of sp³-hybridized carbons (Fsp3) is 0.857. The predicted molar refractivity (Wildman–Crippen MR) is 70.8 cm³/mol. The Balaban J connectivity index is 1.58. The van der Waals surface area contributed by atoms with Crippen molar-refractivity contribution in [3.05, 3.63) is 11.7 Å². The minimum atomic E-state index is 0.287. The van der Waals surface area contributed by atoms with E-state index in [2.05, 4.69) is 15.5 Å². The molecule has 5 nitrogen and oxygen atoms in total. The Labute approximate surface area is 114 Å². The van der Waals surface area contributed by atoms with E-state index in [1.165, 1.54) is 19.3 Å². The second-order valence-corrected chi connectivity index (χ2v) is 5.66. The number of rotatable bonds is 3. The summed E-state index contributed by atoms with van der Waals surface area (Å²) >= 11 is 0. The third-order valence-electron chi connectivity index (χ3n) is 4.16. The predicted octanol–water partition coefficient (Wildman–Crippen LogP) is 2.24. The minimum absolute atomic E-state index is 0.287. The Bertz CT molecular complexity index is 380. The lowest BCUT2D eigenvalue weighted by Crippen LogP contribution is -2.21. The standard InChI is InChI=1S/C14H23N3O2/c1-2-4-12(15-7-3-1)14-16-13(19-17-14)10-11-5-8-18-9-6-11/h11-12,15H,1-10H2/t12-/m0/s1. The second-order valence-electron chi connectivity index (χ2n) is 5.66. The van der Waals surface area contributed by atoms with Crippen molar-refractivity contribution in [3.63, 3.8) is 0 Å². The van der Waals surface area contributed by atoms with Crippen LogP contribution in [0, 0.1) is 5.92 Å². The maximum Gasteiger partial charge on any atom is 0.226 e. The Kier molecular flexibility index (Phi) is 4.45. The molecule has 1 aromatic rings. The molecule has 2 aliphatic rings. The van der Waals surface area contributed by atoms with Crippen molar-refractivity contribution < 1.29 is 9.26 Å². The van der Waals surface area contributed by atoms with Crippen LogP contribution in [0.4, 0.5) is 0 Å². The topological polar surface area (TPSA) is 60.2 Å². The number of hydrogen-bond donors (Lipinski definition) is 1. The Morgan fingerprint density at radius 2 is 2.00 bits per heavy atom. The second kappa shape index (κ2) is 6.48. The summed E-state index contributed by atoms with van der Waals surface area (Å²) in [5.74, 6) is 2.29. The number of aromatic nitrogens is 2. The van der Waals surface area contributed by atoms with E-state index in [1.54, 1.807) is 0 Å². The van der Waals surface area contributed by atoms with Crippen molar-refractivity contribution in [1.82, 2.24) is 15.5 Å². The van der Waals surface area contributed by atoms with Gasteiger partial charge in [-0.25, -0.2) is 0 Å². The van der Waals surface area contributed by atoms with Gasteiger partial charge < -0.3 is 14.6 Å². The van der Waals surface area contributed by atoms with Crippen LogP contribution < -0.4 is 5.32 Å². The molecule has 19 heavy (non-hydrogen) atoms. The van der Waals surface area contributed by atoms with Gasteiger partial charge in [-0.2, -0.15) is 4.98 Å². The third-order valence-corrected chi connectivity index (χ3v) is 4.16. The van der Waals surface area contributed by atoms with Crippen LogP contribution in [0.25, 0.3) is 0 Å². The van der Waals surface area contributed by atoms with E-state index < -0.39 is 0 Å². The molecule has 0 unspecified atom stereocenters. The average Bonchev–Trinajstić information content (AvgIpc) is 2.74. The quantitative estimate of drug-likeness (QED) is 0.908. The molecule has 0 amide bonds. The van der Waals surface area contributed by atoms with E-state index >= 15 is 0 Å². The molecule has 1 N–H and O–H groups in total. The molecule has 3 heterocycles. The van der Waals surface area contributed by atoms with E-state index in [1.807, 2.05) is 0 Å². The van der Waals surface area contributed by atoms with Crippen LogP contribution in [-0.2, 0) is 11.2 Å². The van der Waals surface area contributed by atoms with Crippen LogP contribution in [0.5, 0.6) is 0 Å².